The number of carbonyl (C=O) groups excluding carboxylic acids is 3. The SMILES string of the molecule is C=CS/C(=C\C)CNC(=O)/C(C)=C/CN(C)C(=O)C(NC(=O)C1CCCCN1C(C)C)C(C)C.CCC. The van der Waals surface area contributed by atoms with E-state index in [1.54, 1.807) is 30.4 Å². The Bertz CT molecular complexity index is 792. The van der Waals surface area contributed by atoms with Crippen LogP contribution in [0.25, 0.3) is 0 Å². The third-order valence-electron chi connectivity index (χ3n) is 6.13. The number of rotatable bonds is 12. The van der Waals surface area contributed by atoms with Crippen molar-refractivity contribution in [3.05, 3.63) is 34.6 Å². The van der Waals surface area contributed by atoms with Gasteiger partial charge in [0, 0.05) is 36.7 Å². The number of amides is 3. The largest absolute Gasteiger partial charge is 0.348 e. The molecule has 0 saturated carbocycles. The lowest BCUT2D eigenvalue weighted by Gasteiger charge is -2.38. The minimum Gasteiger partial charge on any atom is -0.348 e. The summed E-state index contributed by atoms with van der Waals surface area (Å²) in [4.78, 5) is 43.5. The van der Waals surface area contributed by atoms with Crippen LogP contribution in [-0.2, 0) is 14.4 Å². The fourth-order valence-corrected chi connectivity index (χ4v) is 4.44. The van der Waals surface area contributed by atoms with Crippen LogP contribution >= 0.6 is 11.8 Å². The minimum atomic E-state index is -0.607. The Morgan fingerprint density at radius 2 is 1.78 bits per heavy atom. The van der Waals surface area contributed by atoms with Crippen molar-refractivity contribution in [1.82, 2.24) is 20.4 Å². The first-order valence-electron chi connectivity index (χ1n) is 13.6. The number of likely N-dealkylation sites (tertiary alicyclic amines) is 1. The Morgan fingerprint density at radius 1 is 1.16 bits per heavy atom. The number of piperidine rings is 1. The molecular weight excluding hydrogens is 484 g/mol. The molecule has 0 spiro atoms. The highest BCUT2D eigenvalue weighted by Crippen LogP contribution is 2.20. The summed E-state index contributed by atoms with van der Waals surface area (Å²) in [6.07, 6.45) is 7.86. The highest BCUT2D eigenvalue weighted by molar-refractivity contribution is 8.05. The first kappa shape index (κ1) is 34.9. The molecule has 0 aromatic carbocycles. The molecule has 2 N–H and O–H groups in total. The van der Waals surface area contributed by atoms with Gasteiger partial charge in [-0.05, 0) is 58.4 Å². The minimum absolute atomic E-state index is 0.0509. The van der Waals surface area contributed by atoms with Crippen molar-refractivity contribution < 1.29 is 14.4 Å². The number of carbonyl (C=O) groups is 3. The summed E-state index contributed by atoms with van der Waals surface area (Å²) in [5, 5.41) is 7.63. The van der Waals surface area contributed by atoms with Crippen molar-refractivity contribution in [2.75, 3.05) is 26.7 Å². The summed E-state index contributed by atoms with van der Waals surface area (Å²) in [6.45, 7) is 21.3. The topological polar surface area (TPSA) is 81.8 Å². The molecule has 1 heterocycles. The van der Waals surface area contributed by atoms with Gasteiger partial charge in [0.1, 0.15) is 6.04 Å². The molecule has 1 rings (SSSR count). The first-order chi connectivity index (χ1) is 17.4. The van der Waals surface area contributed by atoms with E-state index in [-0.39, 0.29) is 42.3 Å². The highest BCUT2D eigenvalue weighted by Gasteiger charge is 2.34. The number of nitrogens with zero attached hydrogens (tertiary/aromatic N) is 2. The lowest BCUT2D eigenvalue weighted by Crippen LogP contribution is -2.57. The number of likely N-dealkylation sites (N-methyl/N-ethyl adjacent to an activating group) is 1. The molecule has 1 aliphatic rings. The zero-order valence-corrected chi connectivity index (χ0v) is 25.5. The predicted molar refractivity (Wildman–Crippen MR) is 158 cm³/mol. The molecule has 1 fully saturated rings. The molecule has 1 aliphatic heterocycles. The maximum Gasteiger partial charge on any atom is 0.246 e. The number of allylic oxidation sites excluding steroid dienone is 1. The smallest absolute Gasteiger partial charge is 0.246 e. The molecule has 8 heteroatoms. The van der Waals surface area contributed by atoms with Crippen LogP contribution < -0.4 is 10.6 Å². The van der Waals surface area contributed by atoms with Gasteiger partial charge in [-0.25, -0.2) is 0 Å². The Morgan fingerprint density at radius 3 is 2.30 bits per heavy atom. The maximum absolute atomic E-state index is 13.2. The molecular formula is C29H52N4O3S. The number of thioether (sulfide) groups is 1. The maximum atomic E-state index is 13.2. The lowest BCUT2D eigenvalue weighted by molar-refractivity contribution is -0.138. The van der Waals surface area contributed by atoms with Gasteiger partial charge in [0.15, 0.2) is 0 Å². The van der Waals surface area contributed by atoms with Crippen LogP contribution in [0.2, 0.25) is 0 Å². The third kappa shape index (κ3) is 12.8. The van der Waals surface area contributed by atoms with E-state index >= 15 is 0 Å². The van der Waals surface area contributed by atoms with Crippen molar-refractivity contribution in [3.63, 3.8) is 0 Å². The second-order valence-corrected chi connectivity index (χ2v) is 11.2. The first-order valence-corrected chi connectivity index (χ1v) is 14.5. The zero-order valence-electron chi connectivity index (χ0n) is 24.7. The Labute approximate surface area is 230 Å². The predicted octanol–water partition coefficient (Wildman–Crippen LogP) is 5.11. The molecule has 0 aromatic heterocycles. The van der Waals surface area contributed by atoms with Crippen molar-refractivity contribution in [3.8, 4) is 0 Å². The molecule has 2 unspecified atom stereocenters. The van der Waals surface area contributed by atoms with Crippen molar-refractivity contribution in [1.29, 1.82) is 0 Å². The van der Waals surface area contributed by atoms with E-state index in [4.69, 9.17) is 0 Å². The van der Waals surface area contributed by atoms with Gasteiger partial charge in [-0.15, -0.1) is 11.8 Å². The van der Waals surface area contributed by atoms with Crippen molar-refractivity contribution in [2.45, 2.75) is 99.2 Å². The summed E-state index contributed by atoms with van der Waals surface area (Å²) >= 11 is 1.48. The van der Waals surface area contributed by atoms with E-state index in [1.165, 1.54) is 18.2 Å². The average molecular weight is 537 g/mol. The Kier molecular flexibility index (Phi) is 18.0. The van der Waals surface area contributed by atoms with Crippen LogP contribution in [0.5, 0.6) is 0 Å². The lowest BCUT2D eigenvalue weighted by atomic mass is 9.97. The molecule has 37 heavy (non-hydrogen) atoms. The van der Waals surface area contributed by atoms with Gasteiger partial charge in [0.05, 0.1) is 6.04 Å². The fourth-order valence-electron chi connectivity index (χ4n) is 3.94. The Balaban J connectivity index is 0.00000410. The number of hydrogen-bond donors (Lipinski definition) is 2. The van der Waals surface area contributed by atoms with Gasteiger partial charge in [-0.2, -0.15) is 0 Å². The summed E-state index contributed by atoms with van der Waals surface area (Å²) < 4.78 is 0. The van der Waals surface area contributed by atoms with Gasteiger partial charge in [0.2, 0.25) is 17.7 Å². The van der Waals surface area contributed by atoms with Gasteiger partial charge in [0.25, 0.3) is 0 Å². The van der Waals surface area contributed by atoms with Crippen LogP contribution in [-0.4, -0.2) is 72.3 Å². The highest BCUT2D eigenvalue weighted by atomic mass is 32.2. The standard InChI is InChI=1S/C26H44N4O3S.C3H8/c1-9-21(34-10-2)17-27-24(31)20(7)14-16-29(8)26(33)23(18(3)4)28-25(32)22-13-11-12-15-30(22)19(5)6;1-3-2/h9-10,14,18-19,22-23H,2,11-13,15-17H2,1,3-8H3,(H,27,31)(H,28,32);3H2,1-2H3/b20-14+,21-9-;. The van der Waals surface area contributed by atoms with Gasteiger partial charge in [-0.1, -0.05) is 59.3 Å². The third-order valence-corrected chi connectivity index (χ3v) is 6.98. The molecule has 0 aromatic rings. The second kappa shape index (κ2) is 19.1. The Hall–Kier alpha value is -2.06. The average Bonchev–Trinajstić information content (AvgIpc) is 2.87. The van der Waals surface area contributed by atoms with Crippen molar-refractivity contribution in [2.24, 2.45) is 5.92 Å². The van der Waals surface area contributed by atoms with E-state index in [2.05, 4.69) is 49.8 Å². The van der Waals surface area contributed by atoms with Gasteiger partial charge >= 0.3 is 0 Å². The van der Waals surface area contributed by atoms with Crippen LogP contribution in [0.4, 0.5) is 0 Å². The summed E-state index contributed by atoms with van der Waals surface area (Å²) in [5.74, 6) is -0.454. The number of nitrogens with one attached hydrogen (secondary N) is 2. The van der Waals surface area contributed by atoms with Crippen LogP contribution in [0, 0.1) is 5.92 Å². The molecule has 7 nitrogen and oxygen atoms in total. The molecule has 0 radical (unpaired) electrons. The van der Waals surface area contributed by atoms with E-state index in [1.807, 2.05) is 26.8 Å². The summed E-state index contributed by atoms with van der Waals surface area (Å²) in [5.41, 5.74) is 0.540. The van der Waals surface area contributed by atoms with Gasteiger partial charge < -0.3 is 15.5 Å². The molecule has 1 saturated heterocycles. The van der Waals surface area contributed by atoms with Crippen LogP contribution in [0.1, 0.15) is 81.1 Å². The summed E-state index contributed by atoms with van der Waals surface area (Å²) in [6, 6.07) is -0.519. The fraction of sp³-hybridized carbons (Fsp3) is 0.690. The monoisotopic (exact) mass is 536 g/mol. The van der Waals surface area contributed by atoms with E-state index in [0.717, 1.165) is 30.7 Å². The molecule has 3 amide bonds. The normalized spacial score (nSPS) is 17.5. The van der Waals surface area contributed by atoms with Crippen molar-refractivity contribution >= 4 is 29.5 Å². The van der Waals surface area contributed by atoms with E-state index in [0.29, 0.717) is 12.1 Å². The molecule has 2 atom stereocenters. The van der Waals surface area contributed by atoms with Crippen LogP contribution in [0.15, 0.2) is 34.6 Å². The zero-order chi connectivity index (χ0) is 28.5. The second-order valence-electron chi connectivity index (χ2n) is 10.1. The van der Waals surface area contributed by atoms with E-state index in [9.17, 15) is 14.4 Å². The summed E-state index contributed by atoms with van der Waals surface area (Å²) in [7, 11) is 1.70. The van der Waals surface area contributed by atoms with Crippen LogP contribution in [0.3, 0.4) is 0 Å². The molecule has 212 valence electrons. The molecule has 0 bridgehead atoms. The number of hydrogen-bond acceptors (Lipinski definition) is 5. The van der Waals surface area contributed by atoms with Gasteiger partial charge in [-0.3, -0.25) is 19.3 Å². The quantitative estimate of drug-likeness (QED) is 0.339. The molecule has 0 aliphatic carbocycles. The van der Waals surface area contributed by atoms with E-state index < -0.39 is 6.04 Å².